The van der Waals surface area contributed by atoms with E-state index in [0.717, 1.165) is 18.6 Å². The number of ether oxygens (including phenoxy) is 1. The third-order valence-electron chi connectivity index (χ3n) is 3.27. The van der Waals surface area contributed by atoms with Gasteiger partial charge < -0.3 is 9.30 Å². The molecule has 0 unspecified atom stereocenters. The minimum absolute atomic E-state index is 0.150. The molecule has 114 valence electrons. The molecule has 0 atom stereocenters. The van der Waals surface area contributed by atoms with E-state index in [1.807, 2.05) is 0 Å². The van der Waals surface area contributed by atoms with Crippen LogP contribution in [0.5, 0.6) is 5.75 Å². The fraction of sp³-hybridized carbons (Fsp3) is 0.353. The third kappa shape index (κ3) is 3.95. The number of hydrogen-bond acceptors (Lipinski definition) is 4. The zero-order valence-electron chi connectivity index (χ0n) is 12.7. The van der Waals surface area contributed by atoms with Crippen LogP contribution in [0, 0.1) is 11.3 Å². The molecule has 0 radical (unpaired) electrons. The summed E-state index contributed by atoms with van der Waals surface area (Å²) in [6.07, 6.45) is 5.74. The number of ketones is 1. The fourth-order valence-corrected chi connectivity index (χ4v) is 2.04. The lowest BCUT2D eigenvalue weighted by Gasteiger charge is -2.07. The smallest absolute Gasteiger partial charge is 0.228 e. The van der Waals surface area contributed by atoms with Crippen LogP contribution in [0.15, 0.2) is 36.7 Å². The first-order valence-corrected chi connectivity index (χ1v) is 7.42. The number of nitrogens with zero attached hydrogens (tertiary/aromatic N) is 3. The Bertz CT molecular complexity index is 653. The van der Waals surface area contributed by atoms with E-state index in [-0.39, 0.29) is 5.78 Å². The van der Waals surface area contributed by atoms with Crippen LogP contribution in [0.4, 0.5) is 0 Å². The highest BCUT2D eigenvalue weighted by atomic mass is 16.5. The fourth-order valence-electron chi connectivity index (χ4n) is 2.04. The van der Waals surface area contributed by atoms with Crippen LogP contribution in [0.3, 0.4) is 0 Å². The van der Waals surface area contributed by atoms with Gasteiger partial charge in [-0.15, -0.1) is 0 Å². The molecule has 0 aliphatic carbocycles. The lowest BCUT2D eigenvalue weighted by atomic mass is 10.1. The van der Waals surface area contributed by atoms with Gasteiger partial charge in [0, 0.05) is 24.5 Å². The maximum atomic E-state index is 12.5. The maximum absolute atomic E-state index is 12.5. The number of unbranched alkanes of at least 4 members (excludes halogenated alkanes) is 1. The molecule has 22 heavy (non-hydrogen) atoms. The van der Waals surface area contributed by atoms with E-state index in [4.69, 9.17) is 10.00 Å². The average molecular weight is 297 g/mol. The largest absolute Gasteiger partial charge is 0.494 e. The first-order valence-electron chi connectivity index (χ1n) is 7.42. The van der Waals surface area contributed by atoms with Crippen molar-refractivity contribution in [3.63, 3.8) is 0 Å². The number of aromatic nitrogens is 2. The highest BCUT2D eigenvalue weighted by molar-refractivity contribution is 6.06. The van der Waals surface area contributed by atoms with Gasteiger partial charge in [0.2, 0.25) is 5.78 Å². The monoisotopic (exact) mass is 297 g/mol. The molecular weight excluding hydrogens is 278 g/mol. The van der Waals surface area contributed by atoms with Gasteiger partial charge in [0.1, 0.15) is 5.75 Å². The number of carbonyl (C=O) groups is 1. The predicted octanol–water partition coefficient (Wildman–Crippen LogP) is 3.21. The van der Waals surface area contributed by atoms with E-state index >= 15 is 0 Å². The van der Waals surface area contributed by atoms with Crippen molar-refractivity contribution in [1.82, 2.24) is 9.55 Å². The van der Waals surface area contributed by atoms with E-state index in [1.54, 1.807) is 41.2 Å². The summed E-state index contributed by atoms with van der Waals surface area (Å²) in [4.78, 5) is 16.6. The molecule has 0 fully saturated rings. The number of hydrogen-bond donors (Lipinski definition) is 0. The lowest BCUT2D eigenvalue weighted by molar-refractivity contribution is 0.102. The van der Waals surface area contributed by atoms with E-state index in [2.05, 4.69) is 18.0 Å². The zero-order chi connectivity index (χ0) is 15.8. The number of benzene rings is 1. The summed E-state index contributed by atoms with van der Waals surface area (Å²) in [7, 11) is 0. The second-order valence-corrected chi connectivity index (χ2v) is 4.91. The van der Waals surface area contributed by atoms with Crippen LogP contribution in [0.25, 0.3) is 0 Å². The molecule has 2 rings (SSSR count). The molecule has 0 N–H and O–H groups in total. The summed E-state index contributed by atoms with van der Waals surface area (Å²) < 4.78 is 7.29. The van der Waals surface area contributed by atoms with E-state index < -0.39 is 0 Å². The number of carbonyl (C=O) groups excluding carboxylic acids is 1. The highest BCUT2D eigenvalue weighted by Crippen LogP contribution is 2.15. The number of imidazole rings is 1. The van der Waals surface area contributed by atoms with Crippen molar-refractivity contribution < 1.29 is 9.53 Å². The van der Waals surface area contributed by atoms with Gasteiger partial charge in [-0.1, -0.05) is 13.3 Å². The van der Waals surface area contributed by atoms with Crippen molar-refractivity contribution in [3.05, 3.63) is 48.0 Å². The van der Waals surface area contributed by atoms with E-state index in [1.165, 1.54) is 0 Å². The van der Waals surface area contributed by atoms with Crippen molar-refractivity contribution in [1.29, 1.82) is 5.26 Å². The van der Waals surface area contributed by atoms with Gasteiger partial charge in [-0.25, -0.2) is 4.98 Å². The molecule has 0 aliphatic heterocycles. The van der Waals surface area contributed by atoms with E-state index in [9.17, 15) is 4.79 Å². The first kappa shape index (κ1) is 15.8. The SMILES string of the molecule is CCCCOc1ccc(C(=O)c2nccn2CCC#N)cc1. The third-order valence-corrected chi connectivity index (χ3v) is 3.27. The number of aryl methyl sites for hydroxylation is 1. The number of nitriles is 1. The maximum Gasteiger partial charge on any atom is 0.228 e. The lowest BCUT2D eigenvalue weighted by Crippen LogP contribution is -2.11. The highest BCUT2D eigenvalue weighted by Gasteiger charge is 2.15. The summed E-state index contributed by atoms with van der Waals surface area (Å²) in [5, 5.41) is 8.65. The van der Waals surface area contributed by atoms with Crippen molar-refractivity contribution in [2.24, 2.45) is 0 Å². The zero-order valence-corrected chi connectivity index (χ0v) is 12.7. The standard InChI is InChI=1S/C17H19N3O2/c1-2-3-13-22-15-7-5-14(6-8-15)16(21)17-19-10-12-20(17)11-4-9-18/h5-8,10,12H,2-4,11,13H2,1H3. The van der Waals surface area contributed by atoms with E-state index in [0.29, 0.717) is 31.0 Å². The quantitative estimate of drug-likeness (QED) is 0.554. The summed E-state index contributed by atoms with van der Waals surface area (Å²) in [6, 6.07) is 9.15. The summed E-state index contributed by atoms with van der Waals surface area (Å²) in [5.41, 5.74) is 0.562. The molecule has 0 aliphatic rings. The molecule has 2 aromatic rings. The van der Waals surface area contributed by atoms with Crippen molar-refractivity contribution in [3.8, 4) is 11.8 Å². The summed E-state index contributed by atoms with van der Waals surface area (Å²) in [5.74, 6) is 0.968. The van der Waals surface area contributed by atoms with Crippen molar-refractivity contribution in [2.75, 3.05) is 6.61 Å². The Hall–Kier alpha value is -2.61. The Morgan fingerprint density at radius 3 is 2.82 bits per heavy atom. The molecule has 0 spiro atoms. The van der Waals surface area contributed by atoms with Crippen molar-refractivity contribution >= 4 is 5.78 Å². The number of rotatable bonds is 8. The Morgan fingerprint density at radius 2 is 2.14 bits per heavy atom. The second-order valence-electron chi connectivity index (χ2n) is 4.91. The van der Waals surface area contributed by atoms with Crippen molar-refractivity contribution in [2.45, 2.75) is 32.7 Å². The molecule has 1 aromatic carbocycles. The van der Waals surface area contributed by atoms with Crippen LogP contribution in [-0.2, 0) is 6.54 Å². The van der Waals surface area contributed by atoms with Gasteiger partial charge in [0.25, 0.3) is 0 Å². The Labute approximate surface area is 130 Å². The van der Waals surface area contributed by atoms with Crippen LogP contribution in [0.2, 0.25) is 0 Å². The Balaban J connectivity index is 2.07. The molecular formula is C17H19N3O2. The summed E-state index contributed by atoms with van der Waals surface area (Å²) in [6.45, 7) is 3.26. The van der Waals surface area contributed by atoms with Gasteiger partial charge in [-0.05, 0) is 30.7 Å². The van der Waals surface area contributed by atoms with Crippen LogP contribution in [0.1, 0.15) is 42.4 Å². The molecule has 0 saturated heterocycles. The van der Waals surface area contributed by atoms with Crippen LogP contribution >= 0.6 is 0 Å². The van der Waals surface area contributed by atoms with Crippen LogP contribution < -0.4 is 4.74 Å². The molecule has 0 amide bonds. The molecule has 5 heteroatoms. The van der Waals surface area contributed by atoms with Gasteiger partial charge in [-0.2, -0.15) is 5.26 Å². The second kappa shape index (κ2) is 7.99. The first-order chi connectivity index (χ1) is 10.8. The topological polar surface area (TPSA) is 67.9 Å². The average Bonchev–Trinajstić information content (AvgIpc) is 3.01. The molecule has 1 heterocycles. The normalized spacial score (nSPS) is 10.2. The minimum atomic E-state index is -0.150. The molecule has 0 saturated carbocycles. The minimum Gasteiger partial charge on any atom is -0.494 e. The Morgan fingerprint density at radius 1 is 1.36 bits per heavy atom. The van der Waals surface area contributed by atoms with Gasteiger partial charge in [-0.3, -0.25) is 4.79 Å². The van der Waals surface area contributed by atoms with Gasteiger partial charge >= 0.3 is 0 Å². The Kier molecular flexibility index (Phi) is 5.73. The molecule has 0 bridgehead atoms. The van der Waals surface area contributed by atoms with Gasteiger partial charge in [0.05, 0.1) is 19.1 Å². The van der Waals surface area contributed by atoms with Crippen LogP contribution in [-0.4, -0.2) is 21.9 Å². The van der Waals surface area contributed by atoms with Gasteiger partial charge in [0.15, 0.2) is 5.82 Å². The summed E-state index contributed by atoms with van der Waals surface area (Å²) >= 11 is 0. The predicted molar refractivity (Wildman–Crippen MR) is 82.7 cm³/mol. The molecule has 5 nitrogen and oxygen atoms in total. The molecule has 1 aromatic heterocycles.